The predicted molar refractivity (Wildman–Crippen MR) is 76.1 cm³/mol. The van der Waals surface area contributed by atoms with Crippen LogP contribution in [-0.2, 0) is 13.0 Å². The first-order valence-electron chi connectivity index (χ1n) is 5.83. The number of hydrogen-bond acceptors (Lipinski definition) is 5. The molecular formula is C12H13BrN4S. The van der Waals surface area contributed by atoms with Gasteiger partial charge in [-0.15, -0.1) is 16.4 Å². The Morgan fingerprint density at radius 3 is 3.06 bits per heavy atom. The summed E-state index contributed by atoms with van der Waals surface area (Å²) in [5.74, 6) is 1.00. The average Bonchev–Trinajstić information content (AvgIpc) is 2.71. The highest BCUT2D eigenvalue weighted by Crippen LogP contribution is 2.31. The second-order valence-corrected chi connectivity index (χ2v) is 6.84. The van der Waals surface area contributed by atoms with E-state index in [-0.39, 0.29) is 0 Å². The Labute approximate surface area is 118 Å². The predicted octanol–water partition coefficient (Wildman–Crippen LogP) is 2.88. The summed E-state index contributed by atoms with van der Waals surface area (Å²) in [6.45, 7) is 6.03. The third-order valence-electron chi connectivity index (χ3n) is 3.34. The van der Waals surface area contributed by atoms with Crippen molar-refractivity contribution in [2.75, 3.05) is 11.4 Å². The summed E-state index contributed by atoms with van der Waals surface area (Å²) in [5, 5.41) is 8.36. The van der Waals surface area contributed by atoms with Gasteiger partial charge in [0.05, 0.1) is 18.4 Å². The molecule has 1 aliphatic heterocycles. The zero-order chi connectivity index (χ0) is 12.7. The van der Waals surface area contributed by atoms with Crippen LogP contribution in [0.4, 0.5) is 5.82 Å². The lowest BCUT2D eigenvalue weighted by Crippen LogP contribution is -2.31. The van der Waals surface area contributed by atoms with E-state index in [1.807, 2.05) is 6.20 Å². The first kappa shape index (κ1) is 12.0. The lowest BCUT2D eigenvalue weighted by Gasteiger charge is -2.28. The molecule has 6 heteroatoms. The van der Waals surface area contributed by atoms with Crippen molar-refractivity contribution in [2.45, 2.75) is 26.8 Å². The van der Waals surface area contributed by atoms with E-state index in [0.717, 1.165) is 29.2 Å². The largest absolute Gasteiger partial charge is 0.349 e. The van der Waals surface area contributed by atoms with Crippen LogP contribution < -0.4 is 4.90 Å². The van der Waals surface area contributed by atoms with Crippen molar-refractivity contribution < 1.29 is 0 Å². The highest BCUT2D eigenvalue weighted by atomic mass is 79.9. The molecule has 18 heavy (non-hydrogen) atoms. The molecule has 3 heterocycles. The summed E-state index contributed by atoms with van der Waals surface area (Å²) in [4.78, 5) is 8.12. The molecule has 0 saturated carbocycles. The molecule has 0 saturated heterocycles. The maximum absolute atomic E-state index is 4.49. The van der Waals surface area contributed by atoms with E-state index in [1.54, 1.807) is 11.3 Å². The number of aryl methyl sites for hydroxylation is 1. The van der Waals surface area contributed by atoms with Gasteiger partial charge in [-0.05, 0) is 40.9 Å². The normalized spacial score (nSPS) is 14.7. The van der Waals surface area contributed by atoms with Gasteiger partial charge in [0.1, 0.15) is 0 Å². The number of aromatic nitrogens is 3. The van der Waals surface area contributed by atoms with Crippen molar-refractivity contribution in [1.82, 2.24) is 15.2 Å². The van der Waals surface area contributed by atoms with Gasteiger partial charge in [0.25, 0.3) is 0 Å². The lowest BCUT2D eigenvalue weighted by molar-refractivity contribution is 0.706. The number of hydrogen-bond donors (Lipinski definition) is 0. The Morgan fingerprint density at radius 2 is 2.22 bits per heavy atom. The van der Waals surface area contributed by atoms with Crippen LogP contribution in [0.3, 0.4) is 0 Å². The Kier molecular flexibility index (Phi) is 3.07. The van der Waals surface area contributed by atoms with Crippen LogP contribution in [0.25, 0.3) is 0 Å². The first-order valence-corrected chi connectivity index (χ1v) is 7.44. The fraction of sp³-hybridized carbons (Fsp3) is 0.417. The summed E-state index contributed by atoms with van der Waals surface area (Å²) in [5.41, 5.74) is 3.63. The third-order valence-corrected chi connectivity index (χ3v) is 4.87. The summed E-state index contributed by atoms with van der Waals surface area (Å²) in [6, 6.07) is 0. The third kappa shape index (κ3) is 2.03. The summed E-state index contributed by atoms with van der Waals surface area (Å²) >= 11 is 5.17. The molecule has 0 fully saturated rings. The maximum atomic E-state index is 4.49. The topological polar surface area (TPSA) is 41.9 Å². The SMILES string of the molecule is Cc1cnnc(N2CCc3nc(Br)sc3C2)c1C. The van der Waals surface area contributed by atoms with E-state index in [1.165, 1.54) is 21.7 Å². The molecule has 0 amide bonds. The van der Waals surface area contributed by atoms with E-state index >= 15 is 0 Å². The summed E-state index contributed by atoms with van der Waals surface area (Å²) < 4.78 is 0.974. The highest BCUT2D eigenvalue weighted by molar-refractivity contribution is 9.11. The molecule has 0 aliphatic carbocycles. The fourth-order valence-electron chi connectivity index (χ4n) is 2.16. The standard InChI is InChI=1S/C12H13BrN4S/c1-7-5-14-16-11(8(7)2)17-4-3-9-10(6-17)18-12(13)15-9/h5H,3-4,6H2,1-2H3. The van der Waals surface area contributed by atoms with Gasteiger partial charge >= 0.3 is 0 Å². The monoisotopic (exact) mass is 324 g/mol. The zero-order valence-electron chi connectivity index (χ0n) is 10.3. The molecule has 0 spiro atoms. The Hall–Kier alpha value is -1.01. The van der Waals surface area contributed by atoms with E-state index in [0.29, 0.717) is 0 Å². The van der Waals surface area contributed by atoms with Gasteiger partial charge in [0, 0.05) is 17.8 Å². The molecule has 3 rings (SSSR count). The zero-order valence-corrected chi connectivity index (χ0v) is 12.7. The first-order chi connectivity index (χ1) is 8.65. The Morgan fingerprint density at radius 1 is 1.39 bits per heavy atom. The van der Waals surface area contributed by atoms with E-state index in [9.17, 15) is 0 Å². The molecule has 0 atom stereocenters. The smallest absolute Gasteiger partial charge is 0.159 e. The summed E-state index contributed by atoms with van der Waals surface area (Å²) in [6.07, 6.45) is 2.80. The minimum Gasteiger partial charge on any atom is -0.349 e. The van der Waals surface area contributed by atoms with Gasteiger partial charge in [-0.25, -0.2) is 4.98 Å². The van der Waals surface area contributed by atoms with Crippen molar-refractivity contribution >= 4 is 33.1 Å². The minimum absolute atomic E-state index is 0.886. The molecule has 1 aliphatic rings. The molecule has 2 aromatic heterocycles. The van der Waals surface area contributed by atoms with Crippen molar-refractivity contribution in [3.8, 4) is 0 Å². The second-order valence-electron chi connectivity index (χ2n) is 4.48. The number of fused-ring (bicyclic) bond motifs is 1. The van der Waals surface area contributed by atoms with Crippen molar-refractivity contribution in [3.05, 3.63) is 31.8 Å². The number of nitrogens with zero attached hydrogens (tertiary/aromatic N) is 4. The van der Waals surface area contributed by atoms with Crippen molar-refractivity contribution in [2.24, 2.45) is 0 Å². The average molecular weight is 325 g/mol. The number of anilines is 1. The van der Waals surface area contributed by atoms with Crippen LogP contribution in [0.15, 0.2) is 10.1 Å². The van der Waals surface area contributed by atoms with E-state index in [4.69, 9.17) is 0 Å². The molecule has 0 N–H and O–H groups in total. The summed E-state index contributed by atoms with van der Waals surface area (Å²) in [7, 11) is 0. The van der Waals surface area contributed by atoms with Crippen LogP contribution in [0.5, 0.6) is 0 Å². The van der Waals surface area contributed by atoms with E-state index in [2.05, 4.69) is 49.9 Å². The maximum Gasteiger partial charge on any atom is 0.159 e. The van der Waals surface area contributed by atoms with Gasteiger partial charge in [0.2, 0.25) is 0 Å². The lowest BCUT2D eigenvalue weighted by atomic mass is 10.1. The number of halogens is 1. The highest BCUT2D eigenvalue weighted by Gasteiger charge is 2.22. The molecule has 94 valence electrons. The van der Waals surface area contributed by atoms with Gasteiger partial charge < -0.3 is 4.90 Å². The fourth-order valence-corrected chi connectivity index (χ4v) is 3.81. The quantitative estimate of drug-likeness (QED) is 0.808. The van der Waals surface area contributed by atoms with Gasteiger partial charge in [-0.2, -0.15) is 5.10 Å². The Balaban J connectivity index is 1.94. The van der Waals surface area contributed by atoms with Crippen LogP contribution in [0.2, 0.25) is 0 Å². The number of rotatable bonds is 1. The molecule has 0 unspecified atom stereocenters. The van der Waals surface area contributed by atoms with Crippen LogP contribution in [0, 0.1) is 13.8 Å². The minimum atomic E-state index is 0.886. The second kappa shape index (κ2) is 4.59. The van der Waals surface area contributed by atoms with Gasteiger partial charge in [-0.1, -0.05) is 0 Å². The number of thiazole rings is 1. The molecule has 0 bridgehead atoms. The van der Waals surface area contributed by atoms with Crippen molar-refractivity contribution in [1.29, 1.82) is 0 Å². The van der Waals surface area contributed by atoms with Gasteiger partial charge in [-0.3, -0.25) is 0 Å². The van der Waals surface area contributed by atoms with Gasteiger partial charge in [0.15, 0.2) is 9.73 Å². The van der Waals surface area contributed by atoms with Crippen LogP contribution in [-0.4, -0.2) is 21.7 Å². The molecular weight excluding hydrogens is 312 g/mol. The molecule has 4 nitrogen and oxygen atoms in total. The van der Waals surface area contributed by atoms with Crippen LogP contribution >= 0.6 is 27.3 Å². The molecule has 0 aromatic carbocycles. The van der Waals surface area contributed by atoms with Crippen molar-refractivity contribution in [3.63, 3.8) is 0 Å². The molecule has 2 aromatic rings. The van der Waals surface area contributed by atoms with E-state index < -0.39 is 0 Å². The van der Waals surface area contributed by atoms with Crippen LogP contribution in [0.1, 0.15) is 21.7 Å². The Bertz CT molecular complexity index is 596. The molecule has 0 radical (unpaired) electrons.